The van der Waals surface area contributed by atoms with Gasteiger partial charge in [0.15, 0.2) is 0 Å². The zero-order chi connectivity index (χ0) is 26.7. The maximum Gasteiger partial charge on any atom is 0.326 e. The molecule has 10 nitrogen and oxygen atoms in total. The van der Waals surface area contributed by atoms with Crippen LogP contribution in [0.2, 0.25) is 0 Å². The summed E-state index contributed by atoms with van der Waals surface area (Å²) in [5, 5.41) is 19.1. The number of likely N-dealkylation sites (tertiary alicyclic amines) is 1. The highest BCUT2D eigenvalue weighted by atomic mass is 32.2. The monoisotopic (exact) mass is 523 g/mol. The minimum Gasteiger partial charge on any atom is -0.755 e. The highest BCUT2D eigenvalue weighted by Gasteiger charge is 2.40. The van der Waals surface area contributed by atoms with Gasteiger partial charge in [-0.1, -0.05) is 36.4 Å². The Balaban J connectivity index is 1.61. The number of nitrogens with two attached hydrogens (primary N) is 1. The van der Waals surface area contributed by atoms with Crippen molar-refractivity contribution < 1.29 is 28.2 Å². The molecule has 0 radical (unpaired) electrons. The van der Waals surface area contributed by atoms with Gasteiger partial charge in [0.1, 0.15) is 23.7 Å². The number of hydrogen-bond acceptors (Lipinski definition) is 6. The fourth-order valence-electron chi connectivity index (χ4n) is 4.63. The summed E-state index contributed by atoms with van der Waals surface area (Å²) in [5.74, 6) is -1.18. The number of nitrogen functional groups attached to an aromatic ring is 1. The average molecular weight is 524 g/mol. The molecule has 3 unspecified atom stereocenters. The maximum atomic E-state index is 13.6. The molecule has 1 fully saturated rings. The van der Waals surface area contributed by atoms with E-state index in [0.29, 0.717) is 29.0 Å². The number of methoxy groups -OCH3 is 1. The van der Waals surface area contributed by atoms with Crippen molar-refractivity contribution in [2.24, 2.45) is 5.73 Å². The van der Waals surface area contributed by atoms with Gasteiger partial charge in [-0.05, 0) is 53.4 Å². The summed E-state index contributed by atoms with van der Waals surface area (Å²) in [6, 6.07) is 14.8. The average Bonchev–Trinajstić information content (AvgIpc) is 2.88. The predicted octanol–water partition coefficient (Wildman–Crippen LogP) is 2.42. The minimum absolute atomic E-state index is 0.0320. The summed E-state index contributed by atoms with van der Waals surface area (Å²) in [6.07, 6.45) is 0.746. The molecule has 11 heteroatoms. The Labute approximate surface area is 216 Å². The Morgan fingerprint density at radius 3 is 2.51 bits per heavy atom. The van der Waals surface area contributed by atoms with Gasteiger partial charge in [-0.25, -0.2) is 4.79 Å². The van der Waals surface area contributed by atoms with Gasteiger partial charge in [0.05, 0.1) is 7.11 Å². The molecule has 0 aliphatic carbocycles. The van der Waals surface area contributed by atoms with Crippen LogP contribution in [0.25, 0.3) is 10.8 Å². The molecule has 1 aliphatic heterocycles. The van der Waals surface area contributed by atoms with Crippen LogP contribution in [-0.2, 0) is 27.3 Å². The van der Waals surface area contributed by atoms with Crippen LogP contribution < -0.4 is 14.8 Å². The first-order chi connectivity index (χ1) is 17.7. The molecule has 194 valence electrons. The lowest BCUT2D eigenvalue weighted by molar-refractivity contribution is -0.152. The van der Waals surface area contributed by atoms with Gasteiger partial charge in [0, 0.05) is 35.5 Å². The number of anilines is 1. The Kier molecular flexibility index (Phi) is 7.74. The molecule has 37 heavy (non-hydrogen) atoms. The smallest absolute Gasteiger partial charge is 0.326 e. The van der Waals surface area contributed by atoms with E-state index >= 15 is 0 Å². The van der Waals surface area contributed by atoms with Crippen molar-refractivity contribution >= 4 is 45.4 Å². The number of carboxylic acid groups (broad SMARTS) is 1. The first-order valence-electron chi connectivity index (χ1n) is 11.6. The molecule has 3 atom stereocenters. The van der Waals surface area contributed by atoms with Crippen LogP contribution in [0.4, 0.5) is 5.69 Å². The van der Waals surface area contributed by atoms with Gasteiger partial charge in [-0.2, -0.15) is 0 Å². The number of amides is 1. The van der Waals surface area contributed by atoms with Gasteiger partial charge in [0.2, 0.25) is 5.91 Å². The number of nitrogens with zero attached hydrogens (tertiary/aromatic N) is 2. The molecule has 4 N–H and O–H groups in total. The van der Waals surface area contributed by atoms with E-state index in [0.717, 1.165) is 15.1 Å². The van der Waals surface area contributed by atoms with E-state index in [-0.39, 0.29) is 25.2 Å². The highest BCUT2D eigenvalue weighted by molar-refractivity contribution is 7.80. The quantitative estimate of drug-likeness (QED) is 0.220. The Bertz CT molecular complexity index is 1360. The number of benzene rings is 3. The van der Waals surface area contributed by atoms with Crippen LogP contribution >= 0.6 is 0 Å². The molecule has 0 saturated carbocycles. The Morgan fingerprint density at radius 2 is 1.89 bits per heavy atom. The van der Waals surface area contributed by atoms with Crippen LogP contribution in [0.3, 0.4) is 0 Å². The number of aliphatic carboxylic acids is 1. The summed E-state index contributed by atoms with van der Waals surface area (Å²) >= 11 is -2.77. The van der Waals surface area contributed by atoms with Crippen LogP contribution in [-0.4, -0.2) is 62.2 Å². The van der Waals surface area contributed by atoms with Crippen molar-refractivity contribution in [1.82, 2.24) is 4.90 Å². The summed E-state index contributed by atoms with van der Waals surface area (Å²) in [7, 11) is 1.56. The number of carbonyl (C=O) groups is 2. The molecular weight excluding hydrogens is 496 g/mol. The molecule has 0 spiro atoms. The molecule has 0 aromatic heterocycles. The first kappa shape index (κ1) is 26.1. The normalized spacial score (nSPS) is 17.3. The van der Waals surface area contributed by atoms with Crippen LogP contribution in [0.1, 0.15) is 24.0 Å². The molecule has 4 rings (SSSR count). The predicted molar refractivity (Wildman–Crippen MR) is 139 cm³/mol. The third kappa shape index (κ3) is 5.57. The van der Waals surface area contributed by atoms with Gasteiger partial charge in [-0.15, -0.1) is 0 Å². The zero-order valence-corrected chi connectivity index (χ0v) is 20.9. The summed E-state index contributed by atoms with van der Waals surface area (Å²) < 4.78 is 31.0. The fourth-order valence-corrected chi connectivity index (χ4v) is 5.32. The summed E-state index contributed by atoms with van der Waals surface area (Å²) in [4.78, 5) is 27.0. The molecular formula is C26H27N4O6S-. The van der Waals surface area contributed by atoms with E-state index in [1.54, 1.807) is 61.7 Å². The number of amidine groups is 1. The SMILES string of the molecule is COc1ccc2cc(N(C3CCCN(C(Cc4ccc(C(=N)N)cc4)C(=O)O)C3=O)S(=O)[O-])ccc2c1. The van der Waals surface area contributed by atoms with Gasteiger partial charge in [0.25, 0.3) is 0 Å². The number of hydrogen-bond donors (Lipinski definition) is 3. The van der Waals surface area contributed by atoms with Crippen molar-refractivity contribution in [3.63, 3.8) is 0 Å². The molecule has 1 heterocycles. The Hall–Kier alpha value is -3.96. The second-order valence-corrected chi connectivity index (χ2v) is 9.63. The number of carboxylic acids is 1. The third-order valence-corrected chi connectivity index (χ3v) is 7.32. The van der Waals surface area contributed by atoms with Crippen molar-refractivity contribution in [3.8, 4) is 5.75 Å². The molecule has 1 aliphatic rings. The van der Waals surface area contributed by atoms with Crippen LogP contribution in [0.15, 0.2) is 60.7 Å². The van der Waals surface area contributed by atoms with E-state index in [9.17, 15) is 23.5 Å². The van der Waals surface area contributed by atoms with Gasteiger partial charge >= 0.3 is 5.97 Å². The van der Waals surface area contributed by atoms with Gasteiger partial charge in [-0.3, -0.25) is 18.7 Å². The lowest BCUT2D eigenvalue weighted by Crippen LogP contribution is -2.58. The summed E-state index contributed by atoms with van der Waals surface area (Å²) in [6.45, 7) is 0.203. The van der Waals surface area contributed by atoms with Crippen molar-refractivity contribution in [2.75, 3.05) is 18.0 Å². The highest BCUT2D eigenvalue weighted by Crippen LogP contribution is 2.31. The minimum atomic E-state index is -2.77. The van der Waals surface area contributed by atoms with Crippen molar-refractivity contribution in [2.45, 2.75) is 31.3 Å². The third-order valence-electron chi connectivity index (χ3n) is 6.53. The fraction of sp³-hybridized carbons (Fsp3) is 0.269. The number of carbonyl (C=O) groups excluding carboxylic acids is 1. The maximum absolute atomic E-state index is 13.6. The van der Waals surface area contributed by atoms with E-state index in [1.165, 1.54) is 4.90 Å². The largest absolute Gasteiger partial charge is 0.755 e. The Morgan fingerprint density at radius 1 is 1.22 bits per heavy atom. The number of fused-ring (bicyclic) bond motifs is 1. The van der Waals surface area contributed by atoms with E-state index in [4.69, 9.17) is 15.9 Å². The molecule has 1 amide bonds. The molecule has 3 aromatic carbocycles. The number of ether oxygens (including phenoxy) is 1. The lowest BCUT2D eigenvalue weighted by atomic mass is 9.97. The van der Waals surface area contributed by atoms with E-state index in [2.05, 4.69) is 0 Å². The van der Waals surface area contributed by atoms with Crippen molar-refractivity contribution in [1.29, 1.82) is 5.41 Å². The van der Waals surface area contributed by atoms with Crippen LogP contribution in [0, 0.1) is 5.41 Å². The lowest BCUT2D eigenvalue weighted by Gasteiger charge is -2.42. The summed E-state index contributed by atoms with van der Waals surface area (Å²) in [5.41, 5.74) is 6.96. The topological polar surface area (TPSA) is 160 Å². The van der Waals surface area contributed by atoms with E-state index < -0.39 is 35.2 Å². The number of nitrogens with one attached hydrogen (secondary N) is 1. The van der Waals surface area contributed by atoms with Crippen molar-refractivity contribution in [3.05, 3.63) is 71.8 Å². The second kappa shape index (κ2) is 11.0. The standard InChI is InChI=1S/C26H28N4O6S/c1-36-21-11-9-18-14-20(10-8-19(18)15-21)30(37(34)35)22-3-2-12-29(25(22)31)23(26(32)33)13-16-4-6-17(7-5-16)24(27)28/h4-11,14-15,22-23H,2-3,12-13H2,1H3,(H3,27,28)(H,32,33)(H,34,35)/p-1. The van der Waals surface area contributed by atoms with E-state index in [1.807, 2.05) is 6.07 Å². The number of piperidine rings is 1. The van der Waals surface area contributed by atoms with Crippen LogP contribution in [0.5, 0.6) is 5.75 Å². The molecule has 1 saturated heterocycles. The van der Waals surface area contributed by atoms with Gasteiger partial charge < -0.3 is 25.0 Å². The first-order valence-corrected chi connectivity index (χ1v) is 12.7. The number of rotatable bonds is 9. The molecule has 0 bridgehead atoms. The zero-order valence-electron chi connectivity index (χ0n) is 20.1. The molecule has 3 aromatic rings. The second-order valence-electron chi connectivity index (χ2n) is 8.80.